The van der Waals surface area contributed by atoms with E-state index in [1.807, 2.05) is 18.2 Å². The maximum Gasteiger partial charge on any atom is 0.329 e. The molecule has 34 heavy (non-hydrogen) atoms. The third kappa shape index (κ3) is 6.63. The van der Waals surface area contributed by atoms with Crippen LogP contribution in [-0.2, 0) is 16.2 Å². The highest BCUT2D eigenvalue weighted by molar-refractivity contribution is 6.39. The van der Waals surface area contributed by atoms with Gasteiger partial charge in [-0.3, -0.25) is 9.59 Å². The molecule has 0 aliphatic carbocycles. The normalized spacial score (nSPS) is 10.6. The molecule has 3 aromatic rings. The number of methoxy groups -OCH3 is 2. The molecule has 0 heterocycles. The van der Waals surface area contributed by atoms with Crippen molar-refractivity contribution in [1.29, 1.82) is 0 Å². The Morgan fingerprint density at radius 2 is 1.74 bits per heavy atom. The van der Waals surface area contributed by atoms with Crippen LogP contribution in [0.25, 0.3) is 0 Å². The van der Waals surface area contributed by atoms with Crippen LogP contribution in [0.1, 0.15) is 11.1 Å². The zero-order valence-electron chi connectivity index (χ0n) is 18.3. The lowest BCUT2D eigenvalue weighted by Gasteiger charge is -2.14. The van der Waals surface area contributed by atoms with Gasteiger partial charge in [0.2, 0.25) is 0 Å². The summed E-state index contributed by atoms with van der Waals surface area (Å²) in [5.41, 5.74) is 3.88. The number of benzene rings is 3. The van der Waals surface area contributed by atoms with Crippen LogP contribution in [0.2, 0.25) is 10.0 Å². The topological polar surface area (TPSA) is 98.2 Å². The van der Waals surface area contributed by atoms with Crippen LogP contribution in [-0.4, -0.2) is 32.2 Å². The third-order valence-electron chi connectivity index (χ3n) is 4.50. The Kier molecular flexibility index (Phi) is 8.73. The molecule has 0 atom stereocenters. The monoisotopic (exact) mass is 501 g/mol. The van der Waals surface area contributed by atoms with E-state index >= 15 is 0 Å². The number of nitrogens with zero attached hydrogens (tertiary/aromatic N) is 1. The highest BCUT2D eigenvalue weighted by Crippen LogP contribution is 2.37. The van der Waals surface area contributed by atoms with Gasteiger partial charge in [0.05, 0.1) is 25.5 Å². The Labute approximate surface area is 206 Å². The standard InChI is InChI=1S/C24H21Cl2N3O5/c1-32-18-8-5-7-17(12-18)28-23(30)24(31)29-27-13-15-10-20(26)22(21(11-15)33-2)34-14-16-6-3-4-9-19(16)25/h3-13H,14H2,1-2H3,(H,28,30)(H,29,31)/b27-13-. The number of ether oxygens (including phenoxy) is 3. The maximum atomic E-state index is 12.1. The summed E-state index contributed by atoms with van der Waals surface area (Å²) in [5.74, 6) is -0.589. The van der Waals surface area contributed by atoms with Gasteiger partial charge in [-0.1, -0.05) is 47.5 Å². The molecule has 10 heteroatoms. The van der Waals surface area contributed by atoms with Gasteiger partial charge in [-0.05, 0) is 35.9 Å². The van der Waals surface area contributed by atoms with Crippen molar-refractivity contribution in [3.63, 3.8) is 0 Å². The SMILES string of the molecule is COc1cccc(NC(=O)C(=O)N/N=C\c2cc(Cl)c(OCc3ccccc3Cl)c(OC)c2)c1. The van der Waals surface area contributed by atoms with E-state index in [9.17, 15) is 9.59 Å². The van der Waals surface area contributed by atoms with Gasteiger partial charge >= 0.3 is 11.8 Å². The molecule has 0 saturated heterocycles. The highest BCUT2D eigenvalue weighted by Gasteiger charge is 2.15. The zero-order valence-corrected chi connectivity index (χ0v) is 19.8. The number of halogens is 2. The zero-order chi connectivity index (χ0) is 24.5. The summed E-state index contributed by atoms with van der Waals surface area (Å²) in [6.45, 7) is 0.196. The number of rotatable bonds is 8. The van der Waals surface area contributed by atoms with Gasteiger partial charge in [-0.2, -0.15) is 5.10 Å². The third-order valence-corrected chi connectivity index (χ3v) is 5.14. The van der Waals surface area contributed by atoms with Gasteiger partial charge in [0.15, 0.2) is 11.5 Å². The number of amides is 2. The van der Waals surface area contributed by atoms with E-state index < -0.39 is 11.8 Å². The van der Waals surface area contributed by atoms with Crippen LogP contribution in [0.4, 0.5) is 5.69 Å². The Morgan fingerprint density at radius 3 is 2.47 bits per heavy atom. The largest absolute Gasteiger partial charge is 0.497 e. The lowest BCUT2D eigenvalue weighted by Crippen LogP contribution is -2.32. The van der Waals surface area contributed by atoms with Crippen molar-refractivity contribution < 1.29 is 23.8 Å². The Balaban J connectivity index is 1.62. The van der Waals surface area contributed by atoms with E-state index in [4.69, 9.17) is 37.4 Å². The molecule has 3 rings (SSSR count). The molecule has 0 fully saturated rings. The first-order chi connectivity index (χ1) is 16.4. The number of carbonyl (C=O) groups excluding carboxylic acids is 2. The summed E-state index contributed by atoms with van der Waals surface area (Å²) in [6.07, 6.45) is 1.32. The summed E-state index contributed by atoms with van der Waals surface area (Å²) in [6, 6.07) is 17.1. The number of anilines is 1. The smallest absolute Gasteiger partial charge is 0.329 e. The van der Waals surface area contributed by atoms with Crippen molar-refractivity contribution in [2.75, 3.05) is 19.5 Å². The molecule has 0 radical (unpaired) electrons. The molecule has 0 unspecified atom stereocenters. The van der Waals surface area contributed by atoms with E-state index in [0.29, 0.717) is 33.5 Å². The first-order valence-electron chi connectivity index (χ1n) is 9.93. The molecule has 0 spiro atoms. The van der Waals surface area contributed by atoms with E-state index in [-0.39, 0.29) is 11.6 Å². The van der Waals surface area contributed by atoms with Crippen molar-refractivity contribution in [1.82, 2.24) is 5.43 Å². The number of hydrogen-bond acceptors (Lipinski definition) is 6. The summed E-state index contributed by atoms with van der Waals surface area (Å²) in [5, 5.41) is 7.12. The highest BCUT2D eigenvalue weighted by atomic mass is 35.5. The van der Waals surface area contributed by atoms with E-state index in [1.165, 1.54) is 20.4 Å². The molecule has 0 saturated carbocycles. The van der Waals surface area contributed by atoms with Crippen molar-refractivity contribution in [2.45, 2.75) is 6.61 Å². The second kappa shape index (κ2) is 11.9. The van der Waals surface area contributed by atoms with E-state index in [1.54, 1.807) is 42.5 Å². The molecule has 8 nitrogen and oxygen atoms in total. The van der Waals surface area contributed by atoms with Crippen molar-refractivity contribution in [3.8, 4) is 17.2 Å². The minimum atomic E-state index is -0.947. The molecule has 176 valence electrons. The van der Waals surface area contributed by atoms with Crippen LogP contribution in [0.15, 0.2) is 65.8 Å². The fourth-order valence-corrected chi connectivity index (χ4v) is 3.29. The minimum absolute atomic E-state index is 0.196. The maximum absolute atomic E-state index is 12.1. The van der Waals surface area contributed by atoms with Crippen molar-refractivity contribution in [2.24, 2.45) is 5.10 Å². The first-order valence-corrected chi connectivity index (χ1v) is 10.7. The van der Waals surface area contributed by atoms with Gasteiger partial charge in [0.25, 0.3) is 0 Å². The number of carbonyl (C=O) groups is 2. The average molecular weight is 502 g/mol. The van der Waals surface area contributed by atoms with Crippen LogP contribution in [0.5, 0.6) is 17.2 Å². The second-order valence-corrected chi connectivity index (χ2v) is 7.61. The molecular weight excluding hydrogens is 481 g/mol. The lowest BCUT2D eigenvalue weighted by molar-refractivity contribution is -0.136. The minimum Gasteiger partial charge on any atom is -0.497 e. The number of hydrogen-bond donors (Lipinski definition) is 2. The summed E-state index contributed by atoms with van der Waals surface area (Å²) < 4.78 is 16.3. The molecule has 0 aromatic heterocycles. The molecular formula is C24H21Cl2N3O5. The average Bonchev–Trinajstić information content (AvgIpc) is 2.84. The fourth-order valence-electron chi connectivity index (χ4n) is 2.82. The molecule has 0 bridgehead atoms. The molecule has 2 N–H and O–H groups in total. The summed E-state index contributed by atoms with van der Waals surface area (Å²) >= 11 is 12.5. The predicted molar refractivity (Wildman–Crippen MR) is 131 cm³/mol. The van der Waals surface area contributed by atoms with E-state index in [2.05, 4.69) is 15.8 Å². The van der Waals surface area contributed by atoms with Crippen LogP contribution in [0, 0.1) is 0 Å². The number of nitrogens with one attached hydrogen (secondary N) is 2. The van der Waals surface area contributed by atoms with Gasteiger partial charge in [-0.15, -0.1) is 0 Å². The van der Waals surface area contributed by atoms with Gasteiger partial charge in [-0.25, -0.2) is 5.43 Å². The van der Waals surface area contributed by atoms with Gasteiger partial charge in [0.1, 0.15) is 12.4 Å². The molecule has 3 aromatic carbocycles. The second-order valence-electron chi connectivity index (χ2n) is 6.80. The Morgan fingerprint density at radius 1 is 0.941 bits per heavy atom. The first kappa shape index (κ1) is 24.9. The molecule has 0 aliphatic rings. The lowest BCUT2D eigenvalue weighted by atomic mass is 10.2. The summed E-state index contributed by atoms with van der Waals surface area (Å²) in [7, 11) is 2.97. The van der Waals surface area contributed by atoms with Gasteiger partial charge in [0, 0.05) is 22.3 Å². The van der Waals surface area contributed by atoms with Crippen LogP contribution >= 0.6 is 23.2 Å². The predicted octanol–water partition coefficient (Wildman–Crippen LogP) is 4.68. The van der Waals surface area contributed by atoms with Gasteiger partial charge < -0.3 is 19.5 Å². The van der Waals surface area contributed by atoms with E-state index in [0.717, 1.165) is 5.56 Å². The number of hydrazone groups is 1. The summed E-state index contributed by atoms with van der Waals surface area (Å²) in [4.78, 5) is 24.1. The Bertz CT molecular complexity index is 1220. The van der Waals surface area contributed by atoms with Crippen molar-refractivity contribution in [3.05, 3.63) is 81.8 Å². The molecule has 2 amide bonds. The molecule has 0 aliphatic heterocycles. The fraction of sp³-hybridized carbons (Fsp3) is 0.125. The Hall–Kier alpha value is -3.75. The van der Waals surface area contributed by atoms with Crippen LogP contribution in [0.3, 0.4) is 0 Å². The quantitative estimate of drug-likeness (QED) is 0.265. The van der Waals surface area contributed by atoms with Crippen molar-refractivity contribution >= 4 is 46.9 Å². The van der Waals surface area contributed by atoms with Crippen LogP contribution < -0.4 is 25.0 Å².